The molecule has 0 spiro atoms. The highest BCUT2D eigenvalue weighted by Crippen LogP contribution is 2.33. The third-order valence-electron chi connectivity index (χ3n) is 5.35. The second-order valence-electron chi connectivity index (χ2n) is 8.56. The first-order valence-corrected chi connectivity index (χ1v) is 19.1. The third-order valence-corrected chi connectivity index (χ3v) is 11.7. The molecule has 0 radical (unpaired) electrons. The number of halogens is 3. The first-order chi connectivity index (χ1) is 20.8. The highest BCUT2D eigenvalue weighted by Gasteiger charge is 2.28. The zero-order valence-electron chi connectivity index (χ0n) is 22.9. The molecule has 0 amide bonds. The van der Waals surface area contributed by atoms with Gasteiger partial charge in [0.05, 0.1) is 10.9 Å². The lowest BCUT2D eigenvalue weighted by atomic mass is 10.2. The van der Waals surface area contributed by atoms with E-state index in [2.05, 4.69) is 140 Å². The highest BCUT2D eigenvalue weighted by molar-refractivity contribution is 7.99. The molecule has 13 heteroatoms. The normalized spacial score (nSPS) is 11.2. The van der Waals surface area contributed by atoms with Gasteiger partial charge in [-0.05, 0) is 85.8 Å². The summed E-state index contributed by atoms with van der Waals surface area (Å²) in [7, 11) is -9.99. The van der Waals surface area contributed by atoms with E-state index in [-0.39, 0.29) is 32.1 Å². The molecular formula is C31H25Cl2IO8S2. The SMILES string of the molecule is Cc1ccccc1[I+]c1ccc(Sc2ccc([S+](c3ccccc3)c3ccccc3)cc2)cc1.[O-][Cl+3]([O-])([O-])[O-].[O-][Cl+3]([O-])([O-])[O-]. The minimum Gasteiger partial charge on any atom is -0.222 e. The Kier molecular flexibility index (Phi) is 14.4. The Morgan fingerprint density at radius 1 is 0.477 bits per heavy atom. The lowest BCUT2D eigenvalue weighted by Gasteiger charge is -2.17. The lowest BCUT2D eigenvalue weighted by Crippen LogP contribution is -3.61. The fourth-order valence-corrected chi connectivity index (χ4v) is 8.92. The minimum atomic E-state index is -4.94. The van der Waals surface area contributed by atoms with Crippen molar-refractivity contribution in [3.8, 4) is 0 Å². The molecule has 230 valence electrons. The van der Waals surface area contributed by atoms with Crippen LogP contribution in [0.3, 0.4) is 0 Å². The van der Waals surface area contributed by atoms with Crippen LogP contribution in [0.4, 0.5) is 0 Å². The van der Waals surface area contributed by atoms with Gasteiger partial charge in [-0.15, -0.1) is 20.5 Å². The van der Waals surface area contributed by atoms with Crippen molar-refractivity contribution in [3.63, 3.8) is 0 Å². The summed E-state index contributed by atoms with van der Waals surface area (Å²) in [4.78, 5) is 6.61. The van der Waals surface area contributed by atoms with Crippen LogP contribution in [0, 0.1) is 34.6 Å². The summed E-state index contributed by atoms with van der Waals surface area (Å²) in [5, 5.41) is 0. The molecule has 0 fully saturated rings. The van der Waals surface area contributed by atoms with Crippen LogP contribution in [-0.2, 0) is 10.9 Å². The fraction of sp³-hybridized carbons (Fsp3) is 0.0323. The van der Waals surface area contributed by atoms with Crippen LogP contribution in [0.1, 0.15) is 5.56 Å². The lowest BCUT2D eigenvalue weighted by molar-refractivity contribution is -2.00. The van der Waals surface area contributed by atoms with E-state index < -0.39 is 20.5 Å². The van der Waals surface area contributed by atoms with Gasteiger partial charge in [0.1, 0.15) is 0 Å². The number of hydrogen-bond donors (Lipinski definition) is 0. The zero-order chi connectivity index (χ0) is 32.2. The van der Waals surface area contributed by atoms with Crippen LogP contribution < -0.4 is 58.5 Å². The average Bonchev–Trinajstić information content (AvgIpc) is 2.96. The summed E-state index contributed by atoms with van der Waals surface area (Å²) in [6.07, 6.45) is 0. The molecule has 0 atom stereocenters. The van der Waals surface area contributed by atoms with E-state index in [1.54, 1.807) is 0 Å². The molecule has 0 heterocycles. The van der Waals surface area contributed by atoms with Crippen molar-refractivity contribution in [1.82, 2.24) is 0 Å². The number of rotatable bonds is 7. The van der Waals surface area contributed by atoms with E-state index in [0.29, 0.717) is 0 Å². The highest BCUT2D eigenvalue weighted by atomic mass is 127. The van der Waals surface area contributed by atoms with E-state index in [9.17, 15) is 0 Å². The smallest absolute Gasteiger partial charge is 0.222 e. The van der Waals surface area contributed by atoms with E-state index in [0.717, 1.165) is 0 Å². The quantitative estimate of drug-likeness (QED) is 0.117. The molecule has 5 aromatic carbocycles. The molecule has 5 rings (SSSR count). The van der Waals surface area contributed by atoms with E-state index >= 15 is 0 Å². The van der Waals surface area contributed by atoms with E-state index in [4.69, 9.17) is 37.3 Å². The molecule has 0 saturated heterocycles. The van der Waals surface area contributed by atoms with E-state index in [1.165, 1.54) is 37.2 Å². The van der Waals surface area contributed by atoms with Crippen LogP contribution >= 0.6 is 11.8 Å². The van der Waals surface area contributed by atoms with Crippen LogP contribution in [0.15, 0.2) is 158 Å². The molecular weight excluding hydrogens is 762 g/mol. The molecule has 0 unspecified atom stereocenters. The maximum Gasteiger partial charge on any atom is 0.358 e. The van der Waals surface area contributed by atoms with Crippen molar-refractivity contribution in [3.05, 3.63) is 146 Å². The molecule has 0 aliphatic rings. The first-order valence-electron chi connectivity index (χ1n) is 12.4. The Hall–Kier alpha value is -2.21. The van der Waals surface area contributed by atoms with Crippen LogP contribution in [0.2, 0.25) is 0 Å². The van der Waals surface area contributed by atoms with Crippen LogP contribution in [0.25, 0.3) is 0 Å². The molecule has 0 N–H and O–H groups in total. The van der Waals surface area contributed by atoms with Gasteiger partial charge in [-0.3, -0.25) is 0 Å². The minimum absolute atomic E-state index is 0.0996. The largest absolute Gasteiger partial charge is 0.358 e. The van der Waals surface area contributed by atoms with Gasteiger partial charge < -0.3 is 0 Å². The molecule has 44 heavy (non-hydrogen) atoms. The Bertz CT molecular complexity index is 1490. The second-order valence-corrected chi connectivity index (χ2v) is 16.2. The standard InChI is InChI=1S/C31H25IS2.2ClHO4/c1-24-10-8-9-15-31(24)32-25-16-18-26(19-17-25)33-27-20-22-30(23-21-27)34(28-11-4-2-5-12-28)29-13-6-3-7-14-29;2*2-1(3,4)5/h2-23H,1H3;2*(H,2,3,4,5)/q+2;;/p-2. The van der Waals surface area contributed by atoms with Gasteiger partial charge in [0.15, 0.2) is 21.8 Å². The summed E-state index contributed by atoms with van der Waals surface area (Å²) in [5.74, 6) is 0. The molecule has 0 saturated carbocycles. The summed E-state index contributed by atoms with van der Waals surface area (Å²) in [6.45, 7) is 2.21. The number of hydrogen-bond acceptors (Lipinski definition) is 9. The Labute approximate surface area is 277 Å². The second kappa shape index (κ2) is 17.5. The maximum absolute atomic E-state index is 8.49. The predicted octanol–water partition coefficient (Wildman–Crippen LogP) is -4.14. The molecule has 5 aromatic rings. The predicted molar refractivity (Wildman–Crippen MR) is 141 cm³/mol. The molecule has 0 aromatic heterocycles. The third kappa shape index (κ3) is 14.3. The first kappa shape index (κ1) is 36.3. The van der Waals surface area contributed by atoms with Gasteiger partial charge in [0.25, 0.3) is 0 Å². The molecule has 0 bridgehead atoms. The molecule has 0 aliphatic heterocycles. The van der Waals surface area contributed by atoms with Crippen molar-refractivity contribution < 1.29 is 79.0 Å². The van der Waals surface area contributed by atoms with Gasteiger partial charge >= 0.3 is 21.2 Å². The average molecular weight is 787 g/mol. The van der Waals surface area contributed by atoms with Gasteiger partial charge in [0.2, 0.25) is 0 Å². The summed E-state index contributed by atoms with van der Waals surface area (Å²) < 4.78 is 70.9. The molecule has 8 nitrogen and oxygen atoms in total. The van der Waals surface area contributed by atoms with Crippen molar-refractivity contribution in [2.75, 3.05) is 0 Å². The zero-order valence-corrected chi connectivity index (χ0v) is 28.2. The monoisotopic (exact) mass is 786 g/mol. The van der Waals surface area contributed by atoms with Crippen molar-refractivity contribution >= 4 is 22.7 Å². The van der Waals surface area contributed by atoms with Crippen LogP contribution in [-0.4, -0.2) is 0 Å². The van der Waals surface area contributed by atoms with Gasteiger partial charge in [-0.2, -0.15) is 0 Å². The van der Waals surface area contributed by atoms with Crippen LogP contribution in [0.5, 0.6) is 0 Å². The Morgan fingerprint density at radius 2 is 0.841 bits per heavy atom. The fourth-order valence-electron chi connectivity index (χ4n) is 3.64. The Balaban J connectivity index is 0.000000461. The maximum atomic E-state index is 8.49. The topological polar surface area (TPSA) is 184 Å². The number of benzene rings is 5. The Morgan fingerprint density at radius 3 is 1.27 bits per heavy atom. The summed E-state index contributed by atoms with van der Waals surface area (Å²) in [6, 6.07) is 48.7. The van der Waals surface area contributed by atoms with Crippen molar-refractivity contribution in [2.45, 2.75) is 31.4 Å². The van der Waals surface area contributed by atoms with E-state index in [1.807, 2.05) is 11.8 Å². The van der Waals surface area contributed by atoms with Crippen molar-refractivity contribution in [1.29, 1.82) is 0 Å². The van der Waals surface area contributed by atoms with Crippen molar-refractivity contribution in [2.24, 2.45) is 0 Å². The summed E-state index contributed by atoms with van der Waals surface area (Å²) >= 11 is 1.70. The van der Waals surface area contributed by atoms with Gasteiger partial charge in [-0.1, -0.05) is 66.4 Å². The van der Waals surface area contributed by atoms with Gasteiger partial charge in [0, 0.05) is 15.4 Å². The summed E-state index contributed by atoms with van der Waals surface area (Å²) in [5.41, 5.74) is 1.40. The molecule has 0 aliphatic carbocycles. The number of aryl methyl sites for hydroxylation is 1. The van der Waals surface area contributed by atoms with Gasteiger partial charge in [-0.25, -0.2) is 37.3 Å².